The van der Waals surface area contributed by atoms with E-state index in [1.54, 1.807) is 0 Å². The zero-order valence-electron chi connectivity index (χ0n) is 12.8. The highest BCUT2D eigenvalue weighted by molar-refractivity contribution is 7.47. The molecule has 2 unspecified atom stereocenters. The lowest BCUT2D eigenvalue weighted by atomic mass is 9.77. The molecule has 3 heteroatoms. The number of hydrogen-bond acceptors (Lipinski definition) is 0. The molecule has 2 atom stereocenters. The molecule has 0 aliphatic carbocycles. The largest absolute Gasteiger partial charge is 0.256 e. The SMILES string of the molecule is CC(C)(C)CC1C(C)(/C=C/c2ccccc2)C[Si]1(Cl)Cl. The number of allylic oxidation sites excluding steroid dienone is 1. The Morgan fingerprint density at radius 2 is 1.85 bits per heavy atom. The number of halogens is 2. The average molecular weight is 327 g/mol. The summed E-state index contributed by atoms with van der Waals surface area (Å²) in [4.78, 5) is 0. The molecule has 0 radical (unpaired) electrons. The number of rotatable bonds is 3. The molecule has 0 N–H and O–H groups in total. The van der Waals surface area contributed by atoms with Crippen molar-refractivity contribution in [2.45, 2.75) is 45.7 Å². The van der Waals surface area contributed by atoms with E-state index in [0.717, 1.165) is 12.5 Å². The van der Waals surface area contributed by atoms with Crippen LogP contribution in [0.4, 0.5) is 0 Å². The van der Waals surface area contributed by atoms with Crippen molar-refractivity contribution >= 4 is 34.9 Å². The maximum absolute atomic E-state index is 6.61. The van der Waals surface area contributed by atoms with E-state index in [9.17, 15) is 0 Å². The molecule has 1 heterocycles. The zero-order chi connectivity index (χ0) is 15.0. The van der Waals surface area contributed by atoms with Crippen LogP contribution < -0.4 is 0 Å². The average Bonchev–Trinajstić information content (AvgIpc) is 2.34. The first-order valence-corrected chi connectivity index (χ1v) is 11.6. The van der Waals surface area contributed by atoms with Gasteiger partial charge in [0.25, 0.3) is 6.69 Å². The van der Waals surface area contributed by atoms with E-state index in [-0.39, 0.29) is 10.8 Å². The first kappa shape index (κ1) is 16.1. The van der Waals surface area contributed by atoms with Gasteiger partial charge in [0.2, 0.25) is 0 Å². The number of hydrogen-bond donors (Lipinski definition) is 0. The summed E-state index contributed by atoms with van der Waals surface area (Å²) in [7, 11) is 0. The lowest BCUT2D eigenvalue weighted by Gasteiger charge is -2.54. The second kappa shape index (κ2) is 5.51. The third-order valence-electron chi connectivity index (χ3n) is 4.20. The third kappa shape index (κ3) is 3.69. The van der Waals surface area contributed by atoms with Crippen molar-refractivity contribution in [1.82, 2.24) is 0 Å². The van der Waals surface area contributed by atoms with E-state index in [1.807, 2.05) is 6.07 Å². The van der Waals surface area contributed by atoms with E-state index in [4.69, 9.17) is 22.2 Å². The summed E-state index contributed by atoms with van der Waals surface area (Å²) in [5.41, 5.74) is 2.11. The standard InChI is InChI=1S/C17H24Cl2Si/c1-16(2,3)12-15-17(4,13-20(15,18)19)11-10-14-8-6-5-7-9-14/h5-11,15H,12-13H2,1-4H3/b11-10+. The van der Waals surface area contributed by atoms with Gasteiger partial charge in [-0.2, -0.15) is 0 Å². The topological polar surface area (TPSA) is 0 Å². The van der Waals surface area contributed by atoms with E-state index >= 15 is 0 Å². The van der Waals surface area contributed by atoms with Gasteiger partial charge in [-0.1, -0.05) is 70.2 Å². The van der Waals surface area contributed by atoms with E-state index in [1.165, 1.54) is 5.56 Å². The summed E-state index contributed by atoms with van der Waals surface area (Å²) >= 11 is 13.2. The minimum Gasteiger partial charge on any atom is -0.145 e. The Balaban J connectivity index is 2.15. The summed E-state index contributed by atoms with van der Waals surface area (Å²) in [5, 5.41) is 0. The Morgan fingerprint density at radius 3 is 2.35 bits per heavy atom. The lowest BCUT2D eigenvalue weighted by Crippen LogP contribution is -2.52. The predicted molar refractivity (Wildman–Crippen MR) is 93.7 cm³/mol. The molecule has 0 aromatic heterocycles. The molecule has 1 fully saturated rings. The Labute approximate surface area is 133 Å². The van der Waals surface area contributed by atoms with Gasteiger partial charge >= 0.3 is 0 Å². The van der Waals surface area contributed by atoms with E-state index in [2.05, 4.69) is 64.1 Å². The highest BCUT2D eigenvalue weighted by Gasteiger charge is 2.61. The molecule has 0 bridgehead atoms. The van der Waals surface area contributed by atoms with Crippen LogP contribution in [0, 0.1) is 10.8 Å². The minimum absolute atomic E-state index is 0.152. The van der Waals surface area contributed by atoms with Crippen molar-refractivity contribution in [3.8, 4) is 0 Å². The van der Waals surface area contributed by atoms with Crippen LogP contribution >= 0.6 is 22.2 Å². The molecule has 110 valence electrons. The van der Waals surface area contributed by atoms with Crippen molar-refractivity contribution in [2.75, 3.05) is 0 Å². The van der Waals surface area contributed by atoms with Crippen LogP contribution in [0.25, 0.3) is 6.08 Å². The summed E-state index contributed by atoms with van der Waals surface area (Å²) in [6.45, 7) is 7.04. The van der Waals surface area contributed by atoms with Crippen molar-refractivity contribution in [3.63, 3.8) is 0 Å². The summed E-state index contributed by atoms with van der Waals surface area (Å²) in [6, 6.07) is 11.4. The Kier molecular flexibility index (Phi) is 4.45. The Hall–Kier alpha value is -0.243. The summed E-state index contributed by atoms with van der Waals surface area (Å²) < 4.78 is 0. The minimum atomic E-state index is -2.07. The first-order valence-electron chi connectivity index (χ1n) is 7.25. The smallest absolute Gasteiger partial charge is 0.145 e. The van der Waals surface area contributed by atoms with Gasteiger partial charge in [0.15, 0.2) is 0 Å². The molecular formula is C17H24Cl2Si. The molecular weight excluding hydrogens is 303 g/mol. The van der Waals surface area contributed by atoms with Crippen LogP contribution in [0.15, 0.2) is 36.4 Å². The maximum atomic E-state index is 6.61. The van der Waals surface area contributed by atoms with Crippen molar-refractivity contribution < 1.29 is 0 Å². The van der Waals surface area contributed by atoms with Crippen LogP contribution in [0.2, 0.25) is 11.6 Å². The molecule has 1 aromatic carbocycles. The van der Waals surface area contributed by atoms with E-state index in [0.29, 0.717) is 5.54 Å². The molecule has 0 nitrogen and oxygen atoms in total. The molecule has 1 saturated heterocycles. The molecule has 0 spiro atoms. The fourth-order valence-corrected chi connectivity index (χ4v) is 10.1. The van der Waals surface area contributed by atoms with Gasteiger partial charge in [0.05, 0.1) is 0 Å². The molecule has 20 heavy (non-hydrogen) atoms. The number of benzene rings is 1. The normalized spacial score (nSPS) is 29.4. The van der Waals surface area contributed by atoms with Crippen LogP contribution in [-0.2, 0) is 0 Å². The summed E-state index contributed by atoms with van der Waals surface area (Å²) in [6.07, 6.45) is 5.64. The van der Waals surface area contributed by atoms with Gasteiger partial charge in [-0.3, -0.25) is 0 Å². The van der Waals surface area contributed by atoms with Crippen molar-refractivity contribution in [1.29, 1.82) is 0 Å². The molecule has 2 rings (SSSR count). The quantitative estimate of drug-likeness (QED) is 0.442. The van der Waals surface area contributed by atoms with E-state index < -0.39 is 6.69 Å². The van der Waals surface area contributed by atoms with Gasteiger partial charge < -0.3 is 0 Å². The molecule has 0 saturated carbocycles. The Morgan fingerprint density at radius 1 is 1.25 bits per heavy atom. The second-order valence-electron chi connectivity index (χ2n) is 7.51. The fraction of sp³-hybridized carbons (Fsp3) is 0.529. The highest BCUT2D eigenvalue weighted by Crippen LogP contribution is 2.65. The molecule has 1 aliphatic heterocycles. The predicted octanol–water partition coefficient (Wildman–Crippen LogP) is 6.45. The van der Waals surface area contributed by atoms with Crippen LogP contribution in [-0.4, -0.2) is 6.69 Å². The van der Waals surface area contributed by atoms with Crippen LogP contribution in [0.1, 0.15) is 39.7 Å². The second-order valence-corrected chi connectivity index (χ2v) is 14.7. The van der Waals surface area contributed by atoms with Gasteiger partial charge in [-0.25, -0.2) is 0 Å². The molecule has 1 aliphatic rings. The summed E-state index contributed by atoms with van der Waals surface area (Å²) in [5.74, 6) is 0. The Bertz CT molecular complexity index is 487. The lowest BCUT2D eigenvalue weighted by molar-refractivity contribution is 0.267. The first-order chi connectivity index (χ1) is 9.12. The highest BCUT2D eigenvalue weighted by atomic mass is 35.7. The van der Waals surface area contributed by atoms with Gasteiger partial charge in [0, 0.05) is 0 Å². The third-order valence-corrected chi connectivity index (χ3v) is 9.69. The van der Waals surface area contributed by atoms with Crippen LogP contribution in [0.5, 0.6) is 0 Å². The maximum Gasteiger partial charge on any atom is 0.256 e. The monoisotopic (exact) mass is 326 g/mol. The van der Waals surface area contributed by atoms with Gasteiger partial charge in [-0.05, 0) is 34.4 Å². The van der Waals surface area contributed by atoms with Crippen molar-refractivity contribution in [2.24, 2.45) is 10.8 Å². The molecule has 0 amide bonds. The van der Waals surface area contributed by atoms with Crippen molar-refractivity contribution in [3.05, 3.63) is 42.0 Å². The fourth-order valence-electron chi connectivity index (χ4n) is 3.13. The van der Waals surface area contributed by atoms with Gasteiger partial charge in [0.1, 0.15) is 0 Å². The van der Waals surface area contributed by atoms with Crippen LogP contribution in [0.3, 0.4) is 0 Å². The van der Waals surface area contributed by atoms with Gasteiger partial charge in [-0.15, -0.1) is 22.2 Å². The molecule has 1 aromatic rings. The zero-order valence-corrected chi connectivity index (χ0v) is 15.3.